The summed E-state index contributed by atoms with van der Waals surface area (Å²) < 4.78 is 89.2. The summed E-state index contributed by atoms with van der Waals surface area (Å²) >= 11 is 0. The quantitative estimate of drug-likeness (QED) is 0.0886. The summed E-state index contributed by atoms with van der Waals surface area (Å²) in [6, 6.07) is -0.240. The monoisotopic (exact) mass is 955 g/mol. The van der Waals surface area contributed by atoms with E-state index in [1.807, 2.05) is 62.3 Å². The molecule has 2 spiro atoms. The van der Waals surface area contributed by atoms with Gasteiger partial charge in [-0.3, -0.25) is 9.59 Å². The second-order valence-corrected chi connectivity index (χ2v) is 20.8. The van der Waals surface area contributed by atoms with Crippen molar-refractivity contribution >= 4 is 23.5 Å². The van der Waals surface area contributed by atoms with Gasteiger partial charge >= 0.3 is 18.2 Å². The van der Waals surface area contributed by atoms with Crippen molar-refractivity contribution in [2.24, 2.45) is 41.4 Å². The van der Waals surface area contributed by atoms with Crippen LogP contribution in [0.5, 0.6) is 0 Å². The Morgan fingerprint density at radius 3 is 2.19 bits per heavy atom. The van der Waals surface area contributed by atoms with E-state index in [-0.39, 0.29) is 30.0 Å². The standard InChI is InChI=1S/C50H74F4N2O11/c1-11-35(44(59)60)37-15-14-26(4)42(64-37)30(8)40(57)29(7)41(58)36(12-2)43-27(5)22-28(6)48(65-43)19-16-38(56-45(61)55-34-24-32(50(52,53)54)23-33(51)25-34)49(67-48)21-20-46(10,66-49)39-17-18-47(62,13-3)31(9)63-39/h16,19,23-31,35-40,42-43,57,62H,11-15,17-18,20-22H2,1-10H3,(H,59,60)(H2,55,56,61)/t26-,27-,28+,29-,30-,31-,35+,36-,37+,38?,39+,40+,42+,43-,46-,47+,48-,49-/m0/s1. The second-order valence-electron chi connectivity index (χ2n) is 20.8. The zero-order valence-corrected chi connectivity index (χ0v) is 40.7. The van der Waals surface area contributed by atoms with Crippen molar-refractivity contribution < 1.29 is 70.9 Å². The minimum Gasteiger partial charge on any atom is -0.481 e. The zero-order valence-electron chi connectivity index (χ0n) is 40.7. The van der Waals surface area contributed by atoms with Gasteiger partial charge in [-0.15, -0.1) is 0 Å². The number of aliphatic hydroxyl groups is 2. The number of ether oxygens (including phenoxy) is 5. The summed E-state index contributed by atoms with van der Waals surface area (Å²) in [4.78, 5) is 40.4. The molecule has 4 fully saturated rings. The molecule has 0 radical (unpaired) electrons. The number of carboxylic acids is 1. The van der Waals surface area contributed by atoms with Gasteiger partial charge in [0.1, 0.15) is 17.6 Å². The minimum absolute atomic E-state index is 0.0300. The van der Waals surface area contributed by atoms with Crippen LogP contribution in [0.2, 0.25) is 0 Å². The number of benzene rings is 1. The van der Waals surface area contributed by atoms with Gasteiger partial charge in [-0.05, 0) is 108 Å². The molecule has 13 nitrogen and oxygen atoms in total. The van der Waals surface area contributed by atoms with Crippen molar-refractivity contribution in [3.63, 3.8) is 0 Å². The Bertz CT molecular complexity index is 1970. The van der Waals surface area contributed by atoms with Crippen LogP contribution in [-0.4, -0.2) is 98.5 Å². The van der Waals surface area contributed by atoms with Crippen molar-refractivity contribution in [1.29, 1.82) is 0 Å². The molecule has 1 aromatic carbocycles. The first-order valence-electron chi connectivity index (χ1n) is 24.5. The van der Waals surface area contributed by atoms with E-state index in [0.29, 0.717) is 63.5 Å². The van der Waals surface area contributed by atoms with Crippen molar-refractivity contribution in [2.75, 3.05) is 5.32 Å². The molecule has 17 heteroatoms. The molecular formula is C50H74F4N2O11. The second kappa shape index (κ2) is 20.3. The number of ketones is 1. The smallest absolute Gasteiger partial charge is 0.416 e. The third-order valence-corrected chi connectivity index (χ3v) is 16.2. The maximum atomic E-state index is 14.7. The Kier molecular flexibility index (Phi) is 16.1. The highest BCUT2D eigenvalue weighted by Gasteiger charge is 2.63. The molecule has 0 saturated carbocycles. The molecule has 5 aliphatic rings. The van der Waals surface area contributed by atoms with E-state index in [4.69, 9.17) is 23.7 Å². The number of hydrogen-bond donors (Lipinski definition) is 5. The molecule has 2 amide bonds. The fourth-order valence-corrected chi connectivity index (χ4v) is 11.8. The fourth-order valence-electron chi connectivity index (χ4n) is 11.8. The van der Waals surface area contributed by atoms with Crippen LogP contribution in [-0.2, 0) is 39.4 Å². The number of carbonyl (C=O) groups excluding carboxylic acids is 2. The molecule has 18 atom stereocenters. The number of nitrogens with one attached hydrogen (secondary N) is 2. The Labute approximate surface area is 392 Å². The molecule has 378 valence electrons. The van der Waals surface area contributed by atoms with Crippen LogP contribution < -0.4 is 10.6 Å². The van der Waals surface area contributed by atoms with E-state index in [1.54, 1.807) is 19.1 Å². The van der Waals surface area contributed by atoms with E-state index >= 15 is 0 Å². The van der Waals surface area contributed by atoms with Gasteiger partial charge in [-0.1, -0.05) is 61.5 Å². The highest BCUT2D eigenvalue weighted by atomic mass is 19.4. The van der Waals surface area contributed by atoms with E-state index in [2.05, 4.69) is 10.6 Å². The lowest BCUT2D eigenvalue weighted by Crippen LogP contribution is -2.66. The Morgan fingerprint density at radius 1 is 0.896 bits per heavy atom. The van der Waals surface area contributed by atoms with Gasteiger partial charge in [0.15, 0.2) is 11.6 Å². The number of halogens is 4. The molecule has 0 aliphatic carbocycles. The van der Waals surface area contributed by atoms with E-state index in [0.717, 1.165) is 12.5 Å². The number of rotatable bonds is 14. The predicted octanol–water partition coefficient (Wildman–Crippen LogP) is 9.18. The Balaban J connectivity index is 1.27. The lowest BCUT2D eigenvalue weighted by atomic mass is 9.72. The van der Waals surface area contributed by atoms with E-state index in [1.165, 1.54) is 0 Å². The van der Waals surface area contributed by atoms with Crippen LogP contribution in [0.3, 0.4) is 0 Å². The number of anilines is 1. The zero-order chi connectivity index (χ0) is 49.6. The summed E-state index contributed by atoms with van der Waals surface area (Å²) in [7, 11) is 0. The largest absolute Gasteiger partial charge is 0.481 e. The van der Waals surface area contributed by atoms with Crippen LogP contribution >= 0.6 is 0 Å². The average Bonchev–Trinajstić information content (AvgIpc) is 3.60. The number of hydrogen-bond acceptors (Lipinski definition) is 10. The van der Waals surface area contributed by atoms with Crippen LogP contribution in [0, 0.1) is 47.2 Å². The van der Waals surface area contributed by atoms with Crippen molar-refractivity contribution in [3.05, 3.63) is 41.7 Å². The SMILES string of the molecule is CC[C@@H](C(=O)[C@@H](C)[C@@H](O)[C@H](C)[C@@H]1O[C@@H]([C@@H](CC)C(=O)O)CC[C@@H]1C)[C@H]1O[C@]2(C=CC(NC(=O)Nc3cc(F)cc(C(F)(F)F)c3)[C@]3(CC[C@@](C)([C@H]4CC[C@](O)(CC)[C@H](C)O4)O3)O2)[C@H](C)C[C@@H]1C. The summed E-state index contributed by atoms with van der Waals surface area (Å²) in [5, 5.41) is 38.1. The first kappa shape index (κ1) is 53.2. The van der Waals surface area contributed by atoms with Gasteiger partial charge < -0.3 is 49.6 Å². The van der Waals surface area contributed by atoms with Crippen LogP contribution in [0.4, 0.5) is 28.0 Å². The first-order valence-corrected chi connectivity index (χ1v) is 24.5. The summed E-state index contributed by atoms with van der Waals surface area (Å²) in [5.74, 6) is -8.55. The highest BCUT2D eigenvalue weighted by molar-refractivity contribution is 5.90. The highest BCUT2D eigenvalue weighted by Crippen LogP contribution is 2.54. The van der Waals surface area contributed by atoms with Crippen LogP contribution in [0.1, 0.15) is 139 Å². The summed E-state index contributed by atoms with van der Waals surface area (Å²) in [6.07, 6.45) is -0.606. The van der Waals surface area contributed by atoms with Gasteiger partial charge in [0.2, 0.25) is 0 Å². The normalized spacial score (nSPS) is 39.1. The Morgan fingerprint density at radius 2 is 1.58 bits per heavy atom. The van der Waals surface area contributed by atoms with Crippen LogP contribution in [0.15, 0.2) is 30.4 Å². The molecular weight excluding hydrogens is 881 g/mol. The molecule has 4 saturated heterocycles. The van der Waals surface area contributed by atoms with E-state index < -0.39 is 124 Å². The lowest BCUT2D eigenvalue weighted by Gasteiger charge is -2.55. The number of amides is 2. The third kappa shape index (κ3) is 10.8. The Hall–Kier alpha value is -3.19. The van der Waals surface area contributed by atoms with Crippen LogP contribution in [0.25, 0.3) is 0 Å². The van der Waals surface area contributed by atoms with Gasteiger partial charge in [0.05, 0.1) is 59.3 Å². The average molecular weight is 955 g/mol. The number of carboxylic acid groups (broad SMARTS) is 1. The summed E-state index contributed by atoms with van der Waals surface area (Å²) in [6.45, 7) is 18.8. The molecule has 5 N–H and O–H groups in total. The summed E-state index contributed by atoms with van der Waals surface area (Å²) in [5.41, 5.74) is -3.72. The minimum atomic E-state index is -4.86. The lowest BCUT2D eigenvalue weighted by molar-refractivity contribution is -0.397. The topological polar surface area (TPSA) is 182 Å². The third-order valence-electron chi connectivity index (χ3n) is 16.2. The maximum absolute atomic E-state index is 14.7. The number of alkyl halides is 3. The molecule has 1 unspecified atom stereocenters. The van der Waals surface area contributed by atoms with Gasteiger partial charge in [-0.2, -0.15) is 13.2 Å². The van der Waals surface area contributed by atoms with Crippen molar-refractivity contribution in [1.82, 2.24) is 5.32 Å². The van der Waals surface area contributed by atoms with Crippen molar-refractivity contribution in [3.8, 4) is 0 Å². The van der Waals surface area contributed by atoms with Gasteiger partial charge in [-0.25, -0.2) is 9.18 Å². The van der Waals surface area contributed by atoms with Gasteiger partial charge in [0, 0.05) is 35.8 Å². The molecule has 1 aromatic rings. The maximum Gasteiger partial charge on any atom is 0.416 e. The fraction of sp³-hybridized carbons (Fsp3) is 0.780. The molecule has 5 heterocycles. The number of aliphatic carboxylic acids is 1. The first-order chi connectivity index (χ1) is 31.3. The van der Waals surface area contributed by atoms with E-state index in [9.17, 15) is 47.3 Å². The molecule has 6 rings (SSSR count). The molecule has 0 bridgehead atoms. The molecule has 5 aliphatic heterocycles. The number of aliphatic hydroxyl groups excluding tert-OH is 1. The molecule has 0 aromatic heterocycles. The molecule has 67 heavy (non-hydrogen) atoms. The number of Topliss-reactive ketones (excluding diaryl/α,β-unsaturated/α-hetero) is 1. The van der Waals surface area contributed by atoms with Gasteiger partial charge in [0.25, 0.3) is 0 Å². The van der Waals surface area contributed by atoms with Crippen molar-refractivity contribution in [2.45, 2.75) is 205 Å². The predicted molar refractivity (Wildman–Crippen MR) is 240 cm³/mol. The number of carbonyl (C=O) groups is 3. The number of urea groups is 1.